The third kappa shape index (κ3) is 3.64. The fourth-order valence-corrected chi connectivity index (χ4v) is 1.94. The van der Waals surface area contributed by atoms with Gasteiger partial charge in [0.25, 0.3) is 0 Å². The van der Waals surface area contributed by atoms with Crippen molar-refractivity contribution in [3.63, 3.8) is 0 Å². The molecule has 0 aromatic carbocycles. The molecule has 1 saturated heterocycles. The lowest BCUT2D eigenvalue weighted by Crippen LogP contribution is -2.51. The molecule has 6 heteroatoms. The average molecular weight is 250 g/mol. The van der Waals surface area contributed by atoms with Gasteiger partial charge in [-0.3, -0.25) is 9.59 Å². The Labute approximate surface area is 102 Å². The molecule has 1 aliphatic heterocycles. The molecule has 2 amide bonds. The highest BCUT2D eigenvalue weighted by atomic mass is 35.5. The van der Waals surface area contributed by atoms with Crippen LogP contribution in [0.3, 0.4) is 0 Å². The molecule has 0 bridgehead atoms. The van der Waals surface area contributed by atoms with Crippen molar-refractivity contribution in [1.82, 2.24) is 10.2 Å². The van der Waals surface area contributed by atoms with Gasteiger partial charge in [0.1, 0.15) is 6.04 Å². The number of hydrogen-bond donors (Lipinski definition) is 2. The van der Waals surface area contributed by atoms with E-state index in [1.54, 1.807) is 11.9 Å². The molecule has 1 aliphatic rings. The maximum Gasteiger partial charge on any atom is 0.242 e. The van der Waals surface area contributed by atoms with Crippen LogP contribution in [0.5, 0.6) is 0 Å². The Balaban J connectivity index is 0.00000225. The molecule has 1 unspecified atom stereocenters. The standard InChI is InChI=1S/C10H19N3O2.ClH/c1-12-10(15)8-4-2-3-7-13(8)9(14)5-6-11;/h8H,2-7,11H2,1H3,(H,12,15);1H. The van der Waals surface area contributed by atoms with Gasteiger partial charge in [-0.05, 0) is 19.3 Å². The summed E-state index contributed by atoms with van der Waals surface area (Å²) in [4.78, 5) is 24.9. The molecule has 1 rings (SSSR count). The number of likely N-dealkylation sites (tertiary alicyclic amines) is 1. The molecule has 16 heavy (non-hydrogen) atoms. The van der Waals surface area contributed by atoms with Crippen molar-refractivity contribution in [3.05, 3.63) is 0 Å². The minimum absolute atomic E-state index is 0. The van der Waals surface area contributed by atoms with Gasteiger partial charge in [0.2, 0.25) is 11.8 Å². The monoisotopic (exact) mass is 249 g/mol. The van der Waals surface area contributed by atoms with E-state index in [1.165, 1.54) is 0 Å². The van der Waals surface area contributed by atoms with Gasteiger partial charge in [0.15, 0.2) is 0 Å². The number of carbonyl (C=O) groups is 2. The summed E-state index contributed by atoms with van der Waals surface area (Å²) in [7, 11) is 1.60. The minimum atomic E-state index is -0.289. The second kappa shape index (κ2) is 7.46. The molecule has 94 valence electrons. The Morgan fingerprint density at radius 3 is 2.69 bits per heavy atom. The highest BCUT2D eigenvalue weighted by molar-refractivity contribution is 5.87. The topological polar surface area (TPSA) is 75.4 Å². The van der Waals surface area contributed by atoms with E-state index in [-0.39, 0.29) is 30.3 Å². The van der Waals surface area contributed by atoms with Crippen molar-refractivity contribution in [1.29, 1.82) is 0 Å². The Morgan fingerprint density at radius 2 is 2.12 bits per heavy atom. The van der Waals surface area contributed by atoms with E-state index in [4.69, 9.17) is 5.73 Å². The number of hydrogen-bond acceptors (Lipinski definition) is 3. The van der Waals surface area contributed by atoms with Crippen LogP contribution in [0.2, 0.25) is 0 Å². The molecule has 1 fully saturated rings. The second-order valence-corrected chi connectivity index (χ2v) is 3.75. The molecular weight excluding hydrogens is 230 g/mol. The molecule has 3 N–H and O–H groups in total. The third-order valence-electron chi connectivity index (χ3n) is 2.73. The first-order chi connectivity index (χ1) is 7.20. The van der Waals surface area contributed by atoms with Crippen molar-refractivity contribution in [3.8, 4) is 0 Å². The molecule has 0 spiro atoms. The Hall–Kier alpha value is -0.810. The summed E-state index contributed by atoms with van der Waals surface area (Å²) in [6, 6.07) is -0.289. The number of nitrogens with one attached hydrogen (secondary N) is 1. The van der Waals surface area contributed by atoms with Crippen molar-refractivity contribution in [2.75, 3.05) is 20.1 Å². The van der Waals surface area contributed by atoms with E-state index < -0.39 is 0 Å². The Morgan fingerprint density at radius 1 is 1.44 bits per heavy atom. The normalized spacial score (nSPS) is 19.9. The zero-order chi connectivity index (χ0) is 11.3. The van der Waals surface area contributed by atoms with Gasteiger partial charge < -0.3 is 16.0 Å². The minimum Gasteiger partial charge on any atom is -0.357 e. The first kappa shape index (κ1) is 15.2. The SMILES string of the molecule is CNC(=O)C1CCCCN1C(=O)CCN.Cl. The van der Waals surface area contributed by atoms with Gasteiger partial charge in [-0.15, -0.1) is 12.4 Å². The maximum absolute atomic E-state index is 11.7. The summed E-state index contributed by atoms with van der Waals surface area (Å²) in [6.07, 6.45) is 3.07. The van der Waals surface area contributed by atoms with Gasteiger partial charge in [0.05, 0.1) is 0 Å². The summed E-state index contributed by atoms with van der Waals surface area (Å²) in [5.74, 6) is -0.0779. The predicted octanol–water partition coefficient (Wildman–Crippen LogP) is -0.116. The van der Waals surface area contributed by atoms with Gasteiger partial charge >= 0.3 is 0 Å². The molecule has 0 aromatic rings. The van der Waals surface area contributed by atoms with Crippen LogP contribution < -0.4 is 11.1 Å². The molecule has 1 atom stereocenters. The number of rotatable bonds is 3. The summed E-state index contributed by atoms with van der Waals surface area (Å²) in [6.45, 7) is 1.02. The lowest BCUT2D eigenvalue weighted by atomic mass is 10.0. The van der Waals surface area contributed by atoms with E-state index in [0.717, 1.165) is 19.3 Å². The Kier molecular flexibility index (Phi) is 7.08. The summed E-state index contributed by atoms with van der Waals surface area (Å²) >= 11 is 0. The van der Waals surface area contributed by atoms with Crippen LogP contribution >= 0.6 is 12.4 Å². The lowest BCUT2D eigenvalue weighted by molar-refractivity contribution is -0.141. The molecule has 0 aliphatic carbocycles. The van der Waals surface area contributed by atoms with Crippen molar-refractivity contribution >= 4 is 24.2 Å². The molecule has 0 radical (unpaired) electrons. The van der Waals surface area contributed by atoms with Gasteiger partial charge in [-0.2, -0.15) is 0 Å². The predicted molar refractivity (Wildman–Crippen MR) is 64.3 cm³/mol. The molecule has 0 aromatic heterocycles. The van der Waals surface area contributed by atoms with Crippen molar-refractivity contribution < 1.29 is 9.59 Å². The molecule has 0 saturated carbocycles. The number of piperidine rings is 1. The van der Waals surface area contributed by atoms with E-state index in [1.807, 2.05) is 0 Å². The van der Waals surface area contributed by atoms with Crippen LogP contribution in [0.1, 0.15) is 25.7 Å². The van der Waals surface area contributed by atoms with Crippen LogP contribution in [0.15, 0.2) is 0 Å². The van der Waals surface area contributed by atoms with Crippen molar-refractivity contribution in [2.45, 2.75) is 31.7 Å². The Bertz CT molecular complexity index is 248. The van der Waals surface area contributed by atoms with E-state index in [2.05, 4.69) is 5.32 Å². The fourth-order valence-electron chi connectivity index (χ4n) is 1.94. The highest BCUT2D eigenvalue weighted by Gasteiger charge is 2.30. The quantitative estimate of drug-likeness (QED) is 0.733. The number of halogens is 1. The first-order valence-electron chi connectivity index (χ1n) is 5.42. The van der Waals surface area contributed by atoms with Crippen LogP contribution in [-0.4, -0.2) is 42.9 Å². The summed E-state index contributed by atoms with van der Waals surface area (Å²) < 4.78 is 0. The number of amides is 2. The number of nitrogens with two attached hydrogens (primary N) is 1. The number of nitrogens with zero attached hydrogens (tertiary/aromatic N) is 1. The van der Waals surface area contributed by atoms with Gasteiger partial charge in [-0.1, -0.05) is 0 Å². The average Bonchev–Trinajstić information content (AvgIpc) is 2.28. The summed E-state index contributed by atoms with van der Waals surface area (Å²) in [5, 5.41) is 2.60. The van der Waals surface area contributed by atoms with E-state index in [9.17, 15) is 9.59 Å². The third-order valence-corrected chi connectivity index (χ3v) is 2.73. The largest absolute Gasteiger partial charge is 0.357 e. The molecule has 5 nitrogen and oxygen atoms in total. The summed E-state index contributed by atoms with van der Waals surface area (Å²) in [5.41, 5.74) is 5.34. The number of likely N-dealkylation sites (N-methyl/N-ethyl adjacent to an activating group) is 1. The van der Waals surface area contributed by atoms with E-state index >= 15 is 0 Å². The highest BCUT2D eigenvalue weighted by Crippen LogP contribution is 2.17. The molecule has 1 heterocycles. The second-order valence-electron chi connectivity index (χ2n) is 3.75. The lowest BCUT2D eigenvalue weighted by Gasteiger charge is -2.34. The van der Waals surface area contributed by atoms with Crippen molar-refractivity contribution in [2.24, 2.45) is 5.73 Å². The van der Waals surface area contributed by atoms with Crippen LogP contribution in [-0.2, 0) is 9.59 Å². The van der Waals surface area contributed by atoms with E-state index in [0.29, 0.717) is 19.5 Å². The van der Waals surface area contributed by atoms with Crippen LogP contribution in [0.4, 0.5) is 0 Å². The fraction of sp³-hybridized carbons (Fsp3) is 0.800. The van der Waals surface area contributed by atoms with Crippen LogP contribution in [0.25, 0.3) is 0 Å². The first-order valence-corrected chi connectivity index (χ1v) is 5.42. The zero-order valence-corrected chi connectivity index (χ0v) is 10.4. The van der Waals surface area contributed by atoms with Crippen LogP contribution in [0, 0.1) is 0 Å². The van der Waals surface area contributed by atoms with Gasteiger partial charge in [-0.25, -0.2) is 0 Å². The number of carbonyl (C=O) groups excluding carboxylic acids is 2. The maximum atomic E-state index is 11.7. The molecular formula is C10H20ClN3O2. The zero-order valence-electron chi connectivity index (χ0n) is 9.57. The van der Waals surface area contributed by atoms with Gasteiger partial charge in [0, 0.05) is 26.6 Å². The smallest absolute Gasteiger partial charge is 0.242 e.